The van der Waals surface area contributed by atoms with Gasteiger partial charge in [-0.3, -0.25) is 0 Å². The molecule has 2 rings (SSSR count). The first kappa shape index (κ1) is 23.6. The van der Waals surface area contributed by atoms with E-state index >= 15 is 0 Å². The third-order valence-electron chi connectivity index (χ3n) is 1.71. The van der Waals surface area contributed by atoms with Gasteiger partial charge in [0.05, 0.1) is 0 Å². The minimum atomic E-state index is 0. The van der Waals surface area contributed by atoms with Crippen molar-refractivity contribution in [1.82, 2.24) is 0 Å². The van der Waals surface area contributed by atoms with Gasteiger partial charge in [-0.05, 0) is 0 Å². The molecule has 0 aliphatic heterocycles. The first-order chi connectivity index (χ1) is 8.97. The second kappa shape index (κ2) is 19.9. The average Bonchev–Trinajstić information content (AvgIpc) is 2.55. The van der Waals surface area contributed by atoms with Gasteiger partial charge in [0.25, 0.3) is 0 Å². The molecular formula is C18H26Y-2. The summed E-state index contributed by atoms with van der Waals surface area (Å²) in [7, 11) is 0. The summed E-state index contributed by atoms with van der Waals surface area (Å²) in [5.74, 6) is 0. The van der Waals surface area contributed by atoms with Crippen LogP contribution in [0.15, 0.2) is 48.5 Å². The molecule has 2 aromatic carbocycles. The molecule has 103 valence electrons. The summed E-state index contributed by atoms with van der Waals surface area (Å²) in [6, 6.07) is 22.1. The summed E-state index contributed by atoms with van der Waals surface area (Å²) in [5.41, 5.74) is 2.19. The van der Waals surface area contributed by atoms with Crippen molar-refractivity contribution in [3.8, 4) is 11.1 Å². The van der Waals surface area contributed by atoms with Crippen LogP contribution in [0.5, 0.6) is 0 Å². The maximum Gasteiger partial charge on any atom is 0 e. The Bertz CT molecular complexity index is 303. The van der Waals surface area contributed by atoms with E-state index in [1.54, 1.807) is 0 Å². The van der Waals surface area contributed by atoms with Crippen LogP contribution in [-0.2, 0) is 32.7 Å². The monoisotopic (exact) mass is 331 g/mol. The quantitative estimate of drug-likeness (QED) is 0.560. The molecule has 0 aliphatic rings. The Morgan fingerprint density at radius 2 is 0.895 bits per heavy atom. The molecule has 2 aromatic rings. The fourth-order valence-corrected chi connectivity index (χ4v) is 1.12. The van der Waals surface area contributed by atoms with Crippen molar-refractivity contribution < 1.29 is 32.7 Å². The van der Waals surface area contributed by atoms with E-state index in [4.69, 9.17) is 0 Å². The van der Waals surface area contributed by atoms with Gasteiger partial charge in [0.2, 0.25) is 0 Å². The molecule has 0 saturated heterocycles. The normalized spacial score (nSPS) is 7.05. The molecule has 0 bridgehead atoms. The van der Waals surface area contributed by atoms with Crippen LogP contribution in [0.25, 0.3) is 11.1 Å². The summed E-state index contributed by atoms with van der Waals surface area (Å²) < 4.78 is 0. The molecule has 0 aliphatic carbocycles. The molecule has 0 heterocycles. The smallest absolute Gasteiger partial charge is 0 e. The van der Waals surface area contributed by atoms with Crippen LogP contribution in [0.1, 0.15) is 41.5 Å². The van der Waals surface area contributed by atoms with Gasteiger partial charge in [-0.2, -0.15) is 48.5 Å². The SMILES string of the molecule is CC.CC.CC.[Y].[c-]1ccccc1-c1[c-]cccc1. The van der Waals surface area contributed by atoms with E-state index < -0.39 is 0 Å². The molecule has 0 spiro atoms. The number of hydrogen-bond donors (Lipinski definition) is 0. The third-order valence-corrected chi connectivity index (χ3v) is 1.71. The molecule has 0 aromatic heterocycles. The number of benzene rings is 2. The molecule has 0 unspecified atom stereocenters. The molecule has 0 saturated carbocycles. The van der Waals surface area contributed by atoms with Crippen molar-refractivity contribution in [2.45, 2.75) is 41.5 Å². The molecule has 0 nitrogen and oxygen atoms in total. The van der Waals surface area contributed by atoms with Crippen molar-refractivity contribution in [2.75, 3.05) is 0 Å². The number of hydrogen-bond acceptors (Lipinski definition) is 0. The van der Waals surface area contributed by atoms with E-state index in [0.717, 1.165) is 11.1 Å². The van der Waals surface area contributed by atoms with Crippen molar-refractivity contribution in [3.63, 3.8) is 0 Å². The number of rotatable bonds is 1. The fraction of sp³-hybridized carbons (Fsp3) is 0.333. The van der Waals surface area contributed by atoms with Crippen LogP contribution in [0.2, 0.25) is 0 Å². The summed E-state index contributed by atoms with van der Waals surface area (Å²) in [4.78, 5) is 0. The van der Waals surface area contributed by atoms with Crippen LogP contribution in [-0.4, -0.2) is 0 Å². The van der Waals surface area contributed by atoms with E-state index in [0.29, 0.717) is 0 Å². The Labute approximate surface area is 145 Å². The summed E-state index contributed by atoms with van der Waals surface area (Å²) in [6.07, 6.45) is 0. The summed E-state index contributed by atoms with van der Waals surface area (Å²) in [5, 5.41) is 0. The Hall–Kier alpha value is -0.456. The van der Waals surface area contributed by atoms with Crippen molar-refractivity contribution in [2.24, 2.45) is 0 Å². The molecule has 19 heavy (non-hydrogen) atoms. The van der Waals surface area contributed by atoms with Crippen LogP contribution in [0, 0.1) is 12.1 Å². The Kier molecular flexibility index (Phi) is 24.7. The summed E-state index contributed by atoms with van der Waals surface area (Å²) in [6.45, 7) is 12.0. The topological polar surface area (TPSA) is 0 Å². The van der Waals surface area contributed by atoms with Gasteiger partial charge in [-0.1, -0.05) is 41.5 Å². The van der Waals surface area contributed by atoms with Crippen molar-refractivity contribution in [1.29, 1.82) is 0 Å². The molecule has 0 fully saturated rings. The van der Waals surface area contributed by atoms with E-state index in [2.05, 4.69) is 12.1 Å². The van der Waals surface area contributed by atoms with Crippen molar-refractivity contribution >= 4 is 0 Å². The van der Waals surface area contributed by atoms with Crippen molar-refractivity contribution in [3.05, 3.63) is 60.7 Å². The second-order valence-corrected chi connectivity index (χ2v) is 2.55. The predicted octanol–water partition coefficient (Wildman–Crippen LogP) is 6.03. The summed E-state index contributed by atoms with van der Waals surface area (Å²) >= 11 is 0. The maximum atomic E-state index is 3.15. The molecule has 1 heteroatoms. The average molecular weight is 331 g/mol. The molecule has 0 amide bonds. The van der Waals surface area contributed by atoms with Gasteiger partial charge in [-0.25, -0.2) is 11.1 Å². The van der Waals surface area contributed by atoms with Gasteiger partial charge in [0.15, 0.2) is 0 Å². The van der Waals surface area contributed by atoms with E-state index in [9.17, 15) is 0 Å². The van der Waals surface area contributed by atoms with Gasteiger partial charge >= 0.3 is 0 Å². The zero-order valence-corrected chi connectivity index (χ0v) is 16.0. The van der Waals surface area contributed by atoms with E-state index in [1.165, 1.54) is 0 Å². The van der Waals surface area contributed by atoms with Crippen LogP contribution in [0.3, 0.4) is 0 Å². The van der Waals surface area contributed by atoms with Crippen LogP contribution in [0.4, 0.5) is 0 Å². The van der Waals surface area contributed by atoms with Gasteiger partial charge in [0.1, 0.15) is 0 Å². The largest absolute Gasteiger partial charge is 0.226 e. The van der Waals surface area contributed by atoms with E-state index in [1.807, 2.05) is 90.1 Å². The Morgan fingerprint density at radius 1 is 0.579 bits per heavy atom. The first-order valence-electron chi connectivity index (χ1n) is 6.90. The van der Waals surface area contributed by atoms with Gasteiger partial charge in [-0.15, -0.1) is 12.1 Å². The molecular weight excluding hydrogens is 305 g/mol. The minimum absolute atomic E-state index is 0. The second-order valence-electron chi connectivity index (χ2n) is 2.55. The molecule has 0 atom stereocenters. The predicted molar refractivity (Wildman–Crippen MR) is 83.6 cm³/mol. The third kappa shape index (κ3) is 11.1. The Balaban J connectivity index is -0.000000325. The zero-order valence-electron chi connectivity index (χ0n) is 13.2. The van der Waals surface area contributed by atoms with Crippen LogP contribution < -0.4 is 0 Å². The maximum absolute atomic E-state index is 3.15. The van der Waals surface area contributed by atoms with Gasteiger partial charge < -0.3 is 0 Å². The van der Waals surface area contributed by atoms with Crippen LogP contribution >= 0.6 is 0 Å². The standard InChI is InChI=1S/C12H8.3C2H6.Y/c1-3-7-11(8-4-1)12-9-5-2-6-10-12;3*1-2;/h1-7,9H;3*1-2H3;/q-2;;;;. The fourth-order valence-electron chi connectivity index (χ4n) is 1.12. The minimum Gasteiger partial charge on any atom is -0.226 e. The zero-order chi connectivity index (χ0) is 14.2. The molecule has 1 radical (unpaired) electrons. The van der Waals surface area contributed by atoms with Gasteiger partial charge in [0, 0.05) is 32.7 Å². The first-order valence-corrected chi connectivity index (χ1v) is 6.90. The molecule has 0 N–H and O–H groups in total. The van der Waals surface area contributed by atoms with E-state index in [-0.39, 0.29) is 32.7 Å². The Morgan fingerprint density at radius 3 is 1.11 bits per heavy atom.